The molecule has 1 aromatic heterocycles. The Bertz CT molecular complexity index is 491. The van der Waals surface area contributed by atoms with E-state index in [1.165, 1.54) is 0 Å². The molecular formula is C12H18N4O2S. The number of nitrogen functional groups attached to an aromatic ring is 1. The van der Waals surface area contributed by atoms with Crippen LogP contribution in [-0.2, 0) is 15.7 Å². The second-order valence-corrected chi connectivity index (χ2v) is 6.17. The number of ether oxygens (including phenoxy) is 1. The van der Waals surface area contributed by atoms with Gasteiger partial charge in [0.05, 0.1) is 30.8 Å². The standard InChI is InChI=1S/C12H18N4O2S/c13-12-11(16-2-1-7-19(16)17)8-10(9-14-12)15-3-5-18-6-4-15/h8-9H,1-7H2,(H2,13,14). The molecule has 1 aromatic rings. The van der Waals surface area contributed by atoms with Crippen LogP contribution in [0.1, 0.15) is 6.42 Å². The summed E-state index contributed by atoms with van der Waals surface area (Å²) in [5, 5.41) is 0. The monoisotopic (exact) mass is 282 g/mol. The largest absolute Gasteiger partial charge is 0.382 e. The summed E-state index contributed by atoms with van der Waals surface area (Å²) < 4.78 is 19.1. The van der Waals surface area contributed by atoms with Gasteiger partial charge >= 0.3 is 0 Å². The maximum absolute atomic E-state index is 11.9. The topological polar surface area (TPSA) is 71.7 Å². The molecule has 1 unspecified atom stereocenters. The van der Waals surface area contributed by atoms with Gasteiger partial charge in [0.15, 0.2) is 0 Å². The van der Waals surface area contributed by atoms with Crippen LogP contribution in [0.15, 0.2) is 12.3 Å². The highest BCUT2D eigenvalue weighted by Crippen LogP contribution is 2.30. The van der Waals surface area contributed by atoms with E-state index in [1.807, 2.05) is 10.4 Å². The molecule has 2 N–H and O–H groups in total. The van der Waals surface area contributed by atoms with Crippen LogP contribution in [0.3, 0.4) is 0 Å². The average Bonchev–Trinajstić information content (AvgIpc) is 2.86. The van der Waals surface area contributed by atoms with E-state index >= 15 is 0 Å². The average molecular weight is 282 g/mol. The second kappa shape index (κ2) is 5.34. The van der Waals surface area contributed by atoms with Gasteiger partial charge in [-0.1, -0.05) is 0 Å². The molecule has 0 radical (unpaired) electrons. The van der Waals surface area contributed by atoms with Gasteiger partial charge in [0.2, 0.25) is 0 Å². The van der Waals surface area contributed by atoms with Crippen molar-refractivity contribution in [1.82, 2.24) is 4.98 Å². The minimum absolute atomic E-state index is 0.451. The summed E-state index contributed by atoms with van der Waals surface area (Å²) in [6, 6.07) is 2.00. The molecule has 1 atom stereocenters. The van der Waals surface area contributed by atoms with Gasteiger partial charge in [-0.25, -0.2) is 9.19 Å². The van der Waals surface area contributed by atoms with Gasteiger partial charge in [0, 0.05) is 25.4 Å². The fourth-order valence-corrected chi connectivity index (χ4v) is 3.72. The fraction of sp³-hybridized carbons (Fsp3) is 0.583. The maximum Gasteiger partial charge on any atom is 0.148 e. The summed E-state index contributed by atoms with van der Waals surface area (Å²) in [5.74, 6) is 1.16. The molecule has 0 spiro atoms. The highest BCUT2D eigenvalue weighted by Gasteiger charge is 2.24. The van der Waals surface area contributed by atoms with E-state index in [-0.39, 0.29) is 0 Å². The lowest BCUT2D eigenvalue weighted by atomic mass is 10.3. The quantitative estimate of drug-likeness (QED) is 0.849. The van der Waals surface area contributed by atoms with Crippen LogP contribution < -0.4 is 14.9 Å². The number of anilines is 3. The molecule has 0 saturated carbocycles. The van der Waals surface area contributed by atoms with Crippen molar-refractivity contribution < 1.29 is 8.95 Å². The molecule has 0 amide bonds. The molecule has 7 heteroatoms. The lowest BCUT2D eigenvalue weighted by molar-refractivity contribution is 0.122. The van der Waals surface area contributed by atoms with Crippen molar-refractivity contribution >= 4 is 28.2 Å². The van der Waals surface area contributed by atoms with Gasteiger partial charge in [-0.05, 0) is 12.5 Å². The van der Waals surface area contributed by atoms with Crippen LogP contribution in [0.5, 0.6) is 0 Å². The summed E-state index contributed by atoms with van der Waals surface area (Å²) in [6.07, 6.45) is 2.72. The molecule has 3 heterocycles. The van der Waals surface area contributed by atoms with Crippen LogP contribution in [-0.4, -0.2) is 47.8 Å². The Kier molecular flexibility index (Phi) is 3.56. The van der Waals surface area contributed by atoms with Crippen molar-refractivity contribution in [2.75, 3.05) is 53.5 Å². The van der Waals surface area contributed by atoms with Gasteiger partial charge in [-0.15, -0.1) is 0 Å². The minimum Gasteiger partial charge on any atom is -0.382 e. The molecule has 19 heavy (non-hydrogen) atoms. The summed E-state index contributed by atoms with van der Waals surface area (Å²) in [4.78, 5) is 6.47. The summed E-state index contributed by atoms with van der Waals surface area (Å²) in [6.45, 7) is 3.96. The third-order valence-corrected chi connectivity index (χ3v) is 4.96. The lowest BCUT2D eigenvalue weighted by Gasteiger charge is -2.29. The Morgan fingerprint density at radius 3 is 2.79 bits per heavy atom. The van der Waals surface area contributed by atoms with Gasteiger partial charge in [0.1, 0.15) is 16.8 Å². The molecule has 2 fully saturated rings. The van der Waals surface area contributed by atoms with Crippen LogP contribution in [0.25, 0.3) is 0 Å². The number of rotatable bonds is 2. The van der Waals surface area contributed by atoms with Crippen molar-refractivity contribution in [2.24, 2.45) is 0 Å². The lowest BCUT2D eigenvalue weighted by Crippen LogP contribution is -2.36. The van der Waals surface area contributed by atoms with E-state index < -0.39 is 11.0 Å². The first-order valence-corrected chi connectivity index (χ1v) is 7.77. The number of pyridine rings is 1. The van der Waals surface area contributed by atoms with E-state index in [4.69, 9.17) is 10.5 Å². The van der Waals surface area contributed by atoms with Gasteiger partial charge in [-0.2, -0.15) is 0 Å². The van der Waals surface area contributed by atoms with Gasteiger partial charge < -0.3 is 15.4 Å². The maximum atomic E-state index is 11.9. The number of nitrogens with two attached hydrogens (primary N) is 1. The van der Waals surface area contributed by atoms with Crippen molar-refractivity contribution in [2.45, 2.75) is 6.42 Å². The van der Waals surface area contributed by atoms with E-state index in [2.05, 4.69) is 9.88 Å². The zero-order valence-corrected chi connectivity index (χ0v) is 11.6. The fourth-order valence-electron chi connectivity index (χ4n) is 2.42. The predicted molar refractivity (Wildman–Crippen MR) is 76.7 cm³/mol. The number of aromatic nitrogens is 1. The van der Waals surface area contributed by atoms with Crippen LogP contribution in [0.2, 0.25) is 0 Å². The van der Waals surface area contributed by atoms with Crippen molar-refractivity contribution in [3.63, 3.8) is 0 Å². The van der Waals surface area contributed by atoms with E-state index in [0.29, 0.717) is 11.6 Å². The SMILES string of the molecule is Nc1ncc(N2CCOCC2)cc1N1CCCS1=O. The van der Waals surface area contributed by atoms with Gasteiger partial charge in [-0.3, -0.25) is 4.31 Å². The third-order valence-electron chi connectivity index (χ3n) is 3.45. The minimum atomic E-state index is -0.965. The first-order chi connectivity index (χ1) is 9.25. The van der Waals surface area contributed by atoms with Crippen LogP contribution >= 0.6 is 0 Å². The molecular weight excluding hydrogens is 264 g/mol. The first kappa shape index (κ1) is 12.7. The van der Waals surface area contributed by atoms with E-state index in [9.17, 15) is 4.21 Å². The highest BCUT2D eigenvalue weighted by molar-refractivity contribution is 7.86. The van der Waals surface area contributed by atoms with Gasteiger partial charge in [0.25, 0.3) is 0 Å². The Morgan fingerprint density at radius 1 is 1.32 bits per heavy atom. The van der Waals surface area contributed by atoms with Crippen molar-refractivity contribution in [1.29, 1.82) is 0 Å². The van der Waals surface area contributed by atoms with Crippen molar-refractivity contribution in [3.05, 3.63) is 12.3 Å². The van der Waals surface area contributed by atoms with E-state index in [0.717, 1.165) is 50.6 Å². The molecule has 0 aromatic carbocycles. The third kappa shape index (κ3) is 2.52. The molecule has 0 bridgehead atoms. The Hall–Kier alpha value is -1.34. The molecule has 3 rings (SSSR count). The van der Waals surface area contributed by atoms with Crippen LogP contribution in [0.4, 0.5) is 17.2 Å². The Labute approximate surface area is 115 Å². The highest BCUT2D eigenvalue weighted by atomic mass is 32.2. The number of hydrogen-bond donors (Lipinski definition) is 1. The zero-order chi connectivity index (χ0) is 13.2. The molecule has 0 aliphatic carbocycles. The normalized spacial score (nSPS) is 23.9. The molecule has 6 nitrogen and oxygen atoms in total. The Morgan fingerprint density at radius 2 is 2.11 bits per heavy atom. The Balaban J connectivity index is 1.89. The van der Waals surface area contributed by atoms with E-state index in [1.54, 1.807) is 6.20 Å². The molecule has 2 aliphatic heterocycles. The summed E-state index contributed by atoms with van der Waals surface area (Å²) in [7, 11) is -0.965. The molecule has 2 saturated heterocycles. The van der Waals surface area contributed by atoms with Crippen molar-refractivity contribution in [3.8, 4) is 0 Å². The summed E-state index contributed by atoms with van der Waals surface area (Å²) in [5.41, 5.74) is 7.75. The molecule has 104 valence electrons. The summed E-state index contributed by atoms with van der Waals surface area (Å²) >= 11 is 0. The molecule has 2 aliphatic rings. The number of nitrogens with zero attached hydrogens (tertiary/aromatic N) is 3. The second-order valence-electron chi connectivity index (χ2n) is 4.68. The number of morpholine rings is 1. The first-order valence-electron chi connectivity index (χ1n) is 6.50. The number of hydrogen-bond acceptors (Lipinski definition) is 5. The zero-order valence-electron chi connectivity index (χ0n) is 10.7. The van der Waals surface area contributed by atoms with Crippen LogP contribution in [0, 0.1) is 0 Å². The predicted octanol–water partition coefficient (Wildman–Crippen LogP) is 0.374. The smallest absolute Gasteiger partial charge is 0.148 e.